The summed E-state index contributed by atoms with van der Waals surface area (Å²) >= 11 is 3.38. The number of benzene rings is 1. The van der Waals surface area contributed by atoms with Crippen molar-refractivity contribution in [2.45, 2.75) is 51.2 Å². The number of hydrogen-bond donors (Lipinski definition) is 0. The first-order valence-corrected chi connectivity index (χ1v) is 12.6. The van der Waals surface area contributed by atoms with Crippen molar-refractivity contribution >= 4 is 41.2 Å². The number of alkyl halides is 1. The maximum Gasteiger partial charge on any atom is 0.342 e. The smallest absolute Gasteiger partial charge is 0.342 e. The fraction of sp³-hybridized carbons (Fsp3) is 0.526. The van der Waals surface area contributed by atoms with Crippen LogP contribution in [0.3, 0.4) is 0 Å². The van der Waals surface area contributed by atoms with Crippen LogP contribution in [0.4, 0.5) is 0 Å². The Labute approximate surface area is 164 Å². The minimum atomic E-state index is -2.08. The average molecular weight is 443 g/mol. The highest BCUT2D eigenvalue weighted by Gasteiger charge is 2.39. The van der Waals surface area contributed by atoms with Crippen LogP contribution in [0.25, 0.3) is 11.0 Å². The first-order chi connectivity index (χ1) is 12.1. The van der Waals surface area contributed by atoms with E-state index in [2.05, 4.69) is 49.8 Å². The lowest BCUT2D eigenvalue weighted by molar-refractivity contribution is 0.0526. The van der Waals surface area contributed by atoms with E-state index in [-0.39, 0.29) is 5.04 Å². The zero-order valence-electron chi connectivity index (χ0n) is 16.5. The summed E-state index contributed by atoms with van der Waals surface area (Å²) in [5.74, 6) is 1.35. The second-order valence-corrected chi connectivity index (χ2v) is 12.9. The average Bonchev–Trinajstić information content (AvgIpc) is 2.90. The van der Waals surface area contributed by atoms with Crippen molar-refractivity contribution < 1.29 is 23.1 Å². The summed E-state index contributed by atoms with van der Waals surface area (Å²) in [5, 5.41) is 1.12. The molecule has 144 valence electrons. The molecule has 0 saturated heterocycles. The summed E-state index contributed by atoms with van der Waals surface area (Å²) in [7, 11) is -0.481. The van der Waals surface area contributed by atoms with Crippen molar-refractivity contribution in [1.82, 2.24) is 0 Å². The van der Waals surface area contributed by atoms with Gasteiger partial charge in [-0.25, -0.2) is 4.79 Å². The zero-order valence-corrected chi connectivity index (χ0v) is 19.1. The second kappa shape index (κ2) is 7.64. The van der Waals surface area contributed by atoms with Crippen LogP contribution in [0.1, 0.15) is 43.8 Å². The highest BCUT2D eigenvalue weighted by atomic mass is 79.9. The second-order valence-electron chi connectivity index (χ2n) is 7.62. The molecule has 0 aliphatic rings. The Hall–Kier alpha value is -1.47. The number of rotatable bonds is 6. The van der Waals surface area contributed by atoms with Crippen LogP contribution < -0.4 is 9.16 Å². The predicted molar refractivity (Wildman–Crippen MR) is 109 cm³/mol. The number of halogens is 1. The lowest BCUT2D eigenvalue weighted by Gasteiger charge is -2.36. The van der Waals surface area contributed by atoms with Crippen molar-refractivity contribution in [3.63, 3.8) is 0 Å². The first kappa shape index (κ1) is 20.8. The molecule has 0 fully saturated rings. The van der Waals surface area contributed by atoms with Gasteiger partial charge in [0.05, 0.1) is 19.0 Å². The fourth-order valence-corrected chi connectivity index (χ4v) is 3.75. The summed E-state index contributed by atoms with van der Waals surface area (Å²) in [5.41, 5.74) is 1.00. The van der Waals surface area contributed by atoms with Gasteiger partial charge in [-0.1, -0.05) is 36.7 Å². The molecular weight excluding hydrogens is 416 g/mol. The number of carbonyl (C=O) groups excluding carboxylic acids is 1. The van der Waals surface area contributed by atoms with Crippen molar-refractivity contribution in [3.05, 3.63) is 23.5 Å². The third kappa shape index (κ3) is 3.93. The number of hydrogen-bond acceptors (Lipinski definition) is 5. The molecular formula is C19H27BrO5Si. The van der Waals surface area contributed by atoms with Crippen molar-refractivity contribution in [3.8, 4) is 11.5 Å². The standard InChI is InChI=1S/C19H27BrO5Si/c1-8-23-18(21)17-12-9-15(25-26(6,7)19(2,3)4)14(22-5)10-13(12)24-16(17)11-20/h9-10H,8,11H2,1-7H3. The van der Waals surface area contributed by atoms with Crippen LogP contribution in [-0.4, -0.2) is 28.0 Å². The van der Waals surface area contributed by atoms with Gasteiger partial charge in [0.15, 0.2) is 5.75 Å². The number of furan rings is 1. The van der Waals surface area contributed by atoms with Crippen LogP contribution in [-0.2, 0) is 10.1 Å². The molecule has 0 spiro atoms. The van der Waals surface area contributed by atoms with Gasteiger partial charge in [0.2, 0.25) is 0 Å². The maximum absolute atomic E-state index is 12.4. The Balaban J connectivity index is 2.64. The molecule has 2 aromatic rings. The predicted octanol–water partition coefficient (Wildman–Crippen LogP) is 5.90. The summed E-state index contributed by atoms with van der Waals surface area (Å²) in [4.78, 5) is 12.4. The zero-order chi connectivity index (χ0) is 19.7. The van der Waals surface area contributed by atoms with Crippen LogP contribution in [0, 0.1) is 0 Å². The monoisotopic (exact) mass is 442 g/mol. The Bertz CT molecular complexity index is 804. The highest BCUT2D eigenvalue weighted by Crippen LogP contribution is 2.43. The van der Waals surface area contributed by atoms with Gasteiger partial charge in [-0.3, -0.25) is 0 Å². The third-order valence-electron chi connectivity index (χ3n) is 4.82. The summed E-state index contributed by atoms with van der Waals surface area (Å²) in [6.45, 7) is 12.9. The largest absolute Gasteiger partial charge is 0.541 e. The van der Waals surface area contributed by atoms with Crippen molar-refractivity contribution in [2.24, 2.45) is 0 Å². The molecule has 1 heterocycles. The first-order valence-electron chi connectivity index (χ1n) is 8.61. The minimum absolute atomic E-state index is 0.0361. The normalized spacial score (nSPS) is 12.3. The van der Waals surface area contributed by atoms with E-state index in [1.165, 1.54) is 0 Å². The lowest BCUT2D eigenvalue weighted by atomic mass is 10.1. The highest BCUT2D eigenvalue weighted by molar-refractivity contribution is 9.08. The van der Waals surface area contributed by atoms with Crippen molar-refractivity contribution in [2.75, 3.05) is 13.7 Å². The Kier molecular flexibility index (Phi) is 6.12. The quantitative estimate of drug-likeness (QED) is 0.316. The van der Waals surface area contributed by atoms with E-state index >= 15 is 0 Å². The summed E-state index contributed by atoms with van der Waals surface area (Å²) in [6, 6.07) is 3.60. The van der Waals surface area contributed by atoms with Gasteiger partial charge in [-0.05, 0) is 31.1 Å². The van der Waals surface area contributed by atoms with Gasteiger partial charge in [0.1, 0.15) is 22.7 Å². The molecule has 0 aliphatic heterocycles. The number of ether oxygens (including phenoxy) is 2. The van der Waals surface area contributed by atoms with Gasteiger partial charge in [0, 0.05) is 11.5 Å². The van der Waals surface area contributed by atoms with Crippen molar-refractivity contribution in [1.29, 1.82) is 0 Å². The number of esters is 1. The molecule has 1 aromatic carbocycles. The van der Waals surface area contributed by atoms with Gasteiger partial charge in [-0.15, -0.1) is 0 Å². The van der Waals surface area contributed by atoms with Gasteiger partial charge in [-0.2, -0.15) is 0 Å². The molecule has 26 heavy (non-hydrogen) atoms. The molecule has 5 nitrogen and oxygen atoms in total. The Morgan fingerprint density at radius 1 is 1.23 bits per heavy atom. The molecule has 7 heteroatoms. The number of carbonyl (C=O) groups is 1. The SMILES string of the molecule is CCOC(=O)c1c(CBr)oc2cc(OC)c(O[Si](C)(C)C(C)(C)C)cc12. The van der Waals surface area contributed by atoms with E-state index in [1.807, 2.05) is 6.07 Å². The third-order valence-corrected chi connectivity index (χ3v) is 9.67. The van der Waals surface area contributed by atoms with Crippen LogP contribution in [0.2, 0.25) is 18.1 Å². The van der Waals surface area contributed by atoms with E-state index in [1.54, 1.807) is 20.1 Å². The minimum Gasteiger partial charge on any atom is -0.541 e. The van der Waals surface area contributed by atoms with Gasteiger partial charge < -0.3 is 18.3 Å². The van der Waals surface area contributed by atoms with Gasteiger partial charge in [0.25, 0.3) is 8.32 Å². The fourth-order valence-electron chi connectivity index (χ4n) is 2.34. The van der Waals surface area contributed by atoms with Crippen LogP contribution in [0.5, 0.6) is 11.5 Å². The number of methoxy groups -OCH3 is 1. The molecule has 0 N–H and O–H groups in total. The van der Waals surface area contributed by atoms with Crippen LogP contribution in [0.15, 0.2) is 16.5 Å². The van der Waals surface area contributed by atoms with Gasteiger partial charge >= 0.3 is 5.97 Å². The topological polar surface area (TPSA) is 57.9 Å². The van der Waals surface area contributed by atoms with E-state index in [4.69, 9.17) is 18.3 Å². The van der Waals surface area contributed by atoms with E-state index in [0.717, 1.165) is 0 Å². The summed E-state index contributed by atoms with van der Waals surface area (Å²) < 4.78 is 23.0. The van der Waals surface area contributed by atoms with E-state index < -0.39 is 14.3 Å². The molecule has 0 radical (unpaired) electrons. The maximum atomic E-state index is 12.4. The Morgan fingerprint density at radius 3 is 2.38 bits per heavy atom. The molecule has 0 aliphatic carbocycles. The number of fused-ring (bicyclic) bond motifs is 1. The molecule has 0 unspecified atom stereocenters. The van der Waals surface area contributed by atoms with Crippen LogP contribution >= 0.6 is 15.9 Å². The molecule has 2 rings (SSSR count). The lowest BCUT2D eigenvalue weighted by Crippen LogP contribution is -2.43. The Morgan fingerprint density at radius 2 is 1.88 bits per heavy atom. The molecule has 0 amide bonds. The van der Waals surface area contributed by atoms with E-state index in [9.17, 15) is 4.79 Å². The molecule has 0 saturated carbocycles. The van der Waals surface area contributed by atoms with E-state index in [0.29, 0.717) is 45.7 Å². The molecule has 0 bridgehead atoms. The molecule has 1 aromatic heterocycles. The molecule has 0 atom stereocenters. The summed E-state index contributed by atoms with van der Waals surface area (Å²) in [6.07, 6.45) is 0.